The summed E-state index contributed by atoms with van der Waals surface area (Å²) in [7, 11) is 0. The molecule has 1 aliphatic heterocycles. The Balaban J connectivity index is 2.68. The lowest BCUT2D eigenvalue weighted by Gasteiger charge is -2.17. The molecule has 1 aliphatic rings. The highest BCUT2D eigenvalue weighted by Gasteiger charge is 2.35. The molecule has 0 aromatic rings. The van der Waals surface area contributed by atoms with E-state index in [1.165, 1.54) is 0 Å². The van der Waals surface area contributed by atoms with E-state index < -0.39 is 29.8 Å². The maximum absolute atomic E-state index is 11.7. The first-order valence-corrected chi connectivity index (χ1v) is 4.78. The number of carbonyl (C=O) groups excluding carboxylic acids is 2. The molecule has 6 nitrogen and oxygen atoms in total. The maximum atomic E-state index is 11.7. The van der Waals surface area contributed by atoms with Gasteiger partial charge in [-0.2, -0.15) is 0 Å². The first-order valence-electron chi connectivity index (χ1n) is 4.78. The van der Waals surface area contributed by atoms with Gasteiger partial charge in [0, 0.05) is 0 Å². The summed E-state index contributed by atoms with van der Waals surface area (Å²) in [5.41, 5.74) is 5.26. The lowest BCUT2D eigenvalue weighted by atomic mass is 9.92. The highest BCUT2D eigenvalue weighted by Crippen LogP contribution is 2.12. The topological polar surface area (TPSA) is 109 Å². The van der Waals surface area contributed by atoms with Crippen molar-refractivity contribution in [2.75, 3.05) is 6.54 Å². The van der Waals surface area contributed by atoms with Crippen LogP contribution in [-0.4, -0.2) is 41.8 Å². The molecule has 0 aromatic heterocycles. The molecule has 3 atom stereocenters. The second-order valence-corrected chi connectivity index (χ2v) is 3.58. The van der Waals surface area contributed by atoms with Gasteiger partial charge in [-0.25, -0.2) is 0 Å². The molecule has 0 aliphatic carbocycles. The zero-order valence-electron chi connectivity index (χ0n) is 8.18. The monoisotopic (exact) mass is 214 g/mol. The molecule has 4 N–H and O–H groups in total. The third-order valence-electron chi connectivity index (χ3n) is 2.55. The Morgan fingerprint density at radius 1 is 1.53 bits per heavy atom. The highest BCUT2D eigenvalue weighted by molar-refractivity contribution is 6.01. The Morgan fingerprint density at radius 3 is 2.60 bits per heavy atom. The van der Waals surface area contributed by atoms with Crippen LogP contribution in [0.1, 0.15) is 12.8 Å². The van der Waals surface area contributed by atoms with Crippen molar-refractivity contribution < 1.29 is 19.5 Å². The summed E-state index contributed by atoms with van der Waals surface area (Å²) < 4.78 is 0. The average Bonchev–Trinajstić information content (AvgIpc) is 2.71. The fourth-order valence-electron chi connectivity index (χ4n) is 1.64. The van der Waals surface area contributed by atoms with Crippen LogP contribution in [0.4, 0.5) is 0 Å². The number of carboxylic acid groups (broad SMARTS) is 1. The molecule has 1 saturated heterocycles. The summed E-state index contributed by atoms with van der Waals surface area (Å²) in [5.74, 6) is -3.01. The van der Waals surface area contributed by atoms with E-state index >= 15 is 0 Å². The molecule has 6 heteroatoms. The lowest BCUT2D eigenvalue weighted by molar-refractivity contribution is -0.144. The summed E-state index contributed by atoms with van der Waals surface area (Å²) in [6.07, 6.45) is 1.81. The number of carbonyl (C=O) groups is 3. The van der Waals surface area contributed by atoms with E-state index in [0.717, 1.165) is 6.42 Å². The normalized spacial score (nSPS) is 24.5. The summed E-state index contributed by atoms with van der Waals surface area (Å²) in [5, 5.41) is 11.5. The van der Waals surface area contributed by atoms with Gasteiger partial charge in [0.05, 0.1) is 6.04 Å². The molecule has 0 radical (unpaired) electrons. The van der Waals surface area contributed by atoms with Gasteiger partial charge in [0.25, 0.3) is 0 Å². The molecule has 1 fully saturated rings. The predicted octanol–water partition coefficient (Wildman–Crippen LogP) is -1.47. The number of hydrogen-bond donors (Lipinski definition) is 3. The van der Waals surface area contributed by atoms with Crippen molar-refractivity contribution in [3.63, 3.8) is 0 Å². The van der Waals surface area contributed by atoms with Gasteiger partial charge in [0.2, 0.25) is 0 Å². The molecule has 0 saturated carbocycles. The number of Topliss-reactive ketones (excluding diaryl/α,β-unsaturated/α-hetero) is 1. The quantitative estimate of drug-likeness (QED) is 0.381. The fourth-order valence-corrected chi connectivity index (χ4v) is 1.64. The van der Waals surface area contributed by atoms with E-state index in [0.29, 0.717) is 19.3 Å². The third kappa shape index (κ3) is 2.60. The van der Waals surface area contributed by atoms with Crippen LogP contribution in [0.3, 0.4) is 0 Å². The average molecular weight is 214 g/mol. The Bertz CT molecular complexity index is 273. The number of aliphatic carboxylic acids is 1. The smallest absolute Gasteiger partial charge is 0.321 e. The van der Waals surface area contributed by atoms with Crippen LogP contribution in [0.25, 0.3) is 0 Å². The molecular weight excluding hydrogens is 200 g/mol. The van der Waals surface area contributed by atoms with Gasteiger partial charge in [0.15, 0.2) is 5.78 Å². The minimum atomic E-state index is -1.45. The van der Waals surface area contributed by atoms with Gasteiger partial charge in [-0.15, -0.1) is 0 Å². The number of carboxylic acids is 1. The maximum Gasteiger partial charge on any atom is 0.321 e. The summed E-state index contributed by atoms with van der Waals surface area (Å²) in [6, 6.07) is -1.87. The first kappa shape index (κ1) is 11.8. The van der Waals surface area contributed by atoms with Crippen molar-refractivity contribution in [1.29, 1.82) is 0 Å². The first-order chi connectivity index (χ1) is 7.07. The van der Waals surface area contributed by atoms with Crippen molar-refractivity contribution in [3.05, 3.63) is 0 Å². The minimum Gasteiger partial charge on any atom is -0.480 e. The number of aldehydes is 1. The zero-order valence-corrected chi connectivity index (χ0v) is 8.18. The molecule has 0 aromatic carbocycles. The van der Waals surface area contributed by atoms with Gasteiger partial charge in [-0.05, 0) is 19.4 Å². The van der Waals surface area contributed by atoms with Crippen LogP contribution < -0.4 is 11.1 Å². The Hall–Kier alpha value is -1.27. The summed E-state index contributed by atoms with van der Waals surface area (Å²) >= 11 is 0. The minimum absolute atomic E-state index is 0.321. The molecule has 0 bridgehead atoms. The van der Waals surface area contributed by atoms with Gasteiger partial charge >= 0.3 is 5.97 Å². The van der Waals surface area contributed by atoms with E-state index in [1.54, 1.807) is 0 Å². The van der Waals surface area contributed by atoms with Crippen LogP contribution in [0, 0.1) is 5.92 Å². The van der Waals surface area contributed by atoms with Gasteiger partial charge in [-0.1, -0.05) is 0 Å². The zero-order chi connectivity index (χ0) is 11.4. The molecule has 0 spiro atoms. The number of hydrogen-bond acceptors (Lipinski definition) is 5. The van der Waals surface area contributed by atoms with Crippen LogP contribution >= 0.6 is 0 Å². The molecular formula is C9H14N2O4. The molecule has 84 valence electrons. The molecule has 15 heavy (non-hydrogen) atoms. The number of nitrogens with two attached hydrogens (primary N) is 1. The lowest BCUT2D eigenvalue weighted by Crippen LogP contribution is -2.48. The van der Waals surface area contributed by atoms with Crippen molar-refractivity contribution in [1.82, 2.24) is 5.32 Å². The third-order valence-corrected chi connectivity index (χ3v) is 2.55. The summed E-state index contributed by atoms with van der Waals surface area (Å²) in [6.45, 7) is 0.713. The van der Waals surface area contributed by atoms with Crippen LogP contribution in [0.2, 0.25) is 0 Å². The Labute approximate surface area is 86.8 Å². The predicted molar refractivity (Wildman–Crippen MR) is 51.2 cm³/mol. The van der Waals surface area contributed by atoms with Crippen LogP contribution in [0.15, 0.2) is 0 Å². The highest BCUT2D eigenvalue weighted by atomic mass is 16.4. The van der Waals surface area contributed by atoms with Crippen molar-refractivity contribution in [2.24, 2.45) is 11.7 Å². The van der Waals surface area contributed by atoms with E-state index in [1.807, 2.05) is 0 Å². The number of ketones is 1. The van der Waals surface area contributed by atoms with Gasteiger partial charge in [-0.3, -0.25) is 9.59 Å². The van der Waals surface area contributed by atoms with E-state index in [2.05, 4.69) is 5.32 Å². The van der Waals surface area contributed by atoms with Crippen LogP contribution in [-0.2, 0) is 14.4 Å². The van der Waals surface area contributed by atoms with Crippen molar-refractivity contribution in [3.8, 4) is 0 Å². The standard InChI is InChI=1S/C9H14N2O4/c10-7(9(14)15)5(4-12)8(13)6-2-1-3-11-6/h4-7,11H,1-3,10H2,(H,14,15)/t5-,6+,7?/m1/s1. The second kappa shape index (κ2) is 4.99. The largest absolute Gasteiger partial charge is 0.480 e. The molecule has 0 amide bonds. The number of nitrogens with one attached hydrogen (secondary N) is 1. The summed E-state index contributed by atoms with van der Waals surface area (Å²) in [4.78, 5) is 32.9. The fraction of sp³-hybridized carbons (Fsp3) is 0.667. The van der Waals surface area contributed by atoms with Crippen LogP contribution in [0.5, 0.6) is 0 Å². The van der Waals surface area contributed by atoms with Crippen molar-refractivity contribution >= 4 is 18.0 Å². The van der Waals surface area contributed by atoms with Gasteiger partial charge < -0.3 is 21.0 Å². The SMILES string of the molecule is NC(C(=O)O)[C@@H](C=O)C(=O)[C@@H]1CCCN1. The Kier molecular flexibility index (Phi) is 3.93. The molecule has 1 heterocycles. The van der Waals surface area contributed by atoms with Crippen molar-refractivity contribution in [2.45, 2.75) is 24.9 Å². The van der Waals surface area contributed by atoms with E-state index in [9.17, 15) is 14.4 Å². The molecule has 1 rings (SSSR count). The van der Waals surface area contributed by atoms with E-state index in [4.69, 9.17) is 10.8 Å². The number of rotatable bonds is 5. The second-order valence-electron chi connectivity index (χ2n) is 3.58. The van der Waals surface area contributed by atoms with Gasteiger partial charge in [0.1, 0.15) is 18.2 Å². The Morgan fingerprint density at radius 2 is 2.20 bits per heavy atom. The molecule has 1 unspecified atom stereocenters. The van der Waals surface area contributed by atoms with E-state index in [-0.39, 0.29) is 0 Å².